The highest BCUT2D eigenvalue weighted by Gasteiger charge is 2.22. The summed E-state index contributed by atoms with van der Waals surface area (Å²) in [6, 6.07) is 2.21. The zero-order valence-electron chi connectivity index (χ0n) is 10.7. The second-order valence-electron chi connectivity index (χ2n) is 4.71. The molecule has 1 fully saturated rings. The maximum atomic E-state index is 13.8. The van der Waals surface area contributed by atoms with Crippen LogP contribution < -0.4 is 10.5 Å². The van der Waals surface area contributed by atoms with E-state index >= 15 is 0 Å². The largest absolute Gasteiger partial charge is 0.398 e. The van der Waals surface area contributed by atoms with Crippen LogP contribution in [0.15, 0.2) is 21.5 Å². The van der Waals surface area contributed by atoms with Crippen molar-refractivity contribution in [2.45, 2.75) is 17.7 Å². The van der Waals surface area contributed by atoms with E-state index in [2.05, 4.69) is 20.7 Å². The smallest absolute Gasteiger partial charge is 0.243 e. The summed E-state index contributed by atoms with van der Waals surface area (Å²) in [5, 5.41) is 0. The van der Waals surface area contributed by atoms with E-state index < -0.39 is 20.7 Å². The Morgan fingerprint density at radius 1 is 1.40 bits per heavy atom. The molecule has 0 spiro atoms. The minimum absolute atomic E-state index is 0.195. The molecule has 1 aromatic rings. The van der Waals surface area contributed by atoms with Gasteiger partial charge in [0.2, 0.25) is 10.0 Å². The van der Waals surface area contributed by atoms with Crippen molar-refractivity contribution in [2.24, 2.45) is 5.92 Å². The van der Waals surface area contributed by atoms with Crippen LogP contribution in [0.25, 0.3) is 0 Å². The van der Waals surface area contributed by atoms with Gasteiger partial charge in [-0.1, -0.05) is 0 Å². The zero-order valence-corrected chi connectivity index (χ0v) is 14.0. The minimum Gasteiger partial charge on any atom is -0.398 e. The second kappa shape index (κ2) is 6.64. The lowest BCUT2D eigenvalue weighted by atomic mass is 10.0. The number of nitrogen functional groups attached to an aromatic ring is 1. The number of nitrogens with one attached hydrogen (secondary N) is 1. The number of thioether (sulfide) groups is 1. The first kappa shape index (κ1) is 16.1. The van der Waals surface area contributed by atoms with Crippen molar-refractivity contribution >= 4 is 43.4 Å². The number of rotatable bonds is 4. The summed E-state index contributed by atoms with van der Waals surface area (Å²) in [6.45, 7) is 0.346. The maximum Gasteiger partial charge on any atom is 0.243 e. The van der Waals surface area contributed by atoms with E-state index in [0.29, 0.717) is 16.9 Å². The molecule has 8 heteroatoms. The monoisotopic (exact) mass is 382 g/mol. The van der Waals surface area contributed by atoms with Crippen LogP contribution in [0.2, 0.25) is 0 Å². The van der Waals surface area contributed by atoms with Gasteiger partial charge in [-0.2, -0.15) is 11.8 Å². The Bertz CT molecular complexity index is 589. The first-order valence-electron chi connectivity index (χ1n) is 6.22. The van der Waals surface area contributed by atoms with E-state index in [-0.39, 0.29) is 5.69 Å². The highest BCUT2D eigenvalue weighted by Crippen LogP contribution is 2.27. The van der Waals surface area contributed by atoms with Gasteiger partial charge >= 0.3 is 0 Å². The molecule has 0 amide bonds. The Hall–Kier alpha value is -0.310. The molecule has 20 heavy (non-hydrogen) atoms. The van der Waals surface area contributed by atoms with Gasteiger partial charge in [0, 0.05) is 16.7 Å². The normalized spacial score (nSPS) is 17.3. The highest BCUT2D eigenvalue weighted by molar-refractivity contribution is 9.10. The molecule has 0 aromatic heterocycles. The van der Waals surface area contributed by atoms with Gasteiger partial charge in [0.25, 0.3) is 0 Å². The summed E-state index contributed by atoms with van der Waals surface area (Å²) in [7, 11) is -3.86. The molecule has 4 nitrogen and oxygen atoms in total. The van der Waals surface area contributed by atoms with Crippen molar-refractivity contribution < 1.29 is 12.8 Å². The molecule has 0 aliphatic carbocycles. The van der Waals surface area contributed by atoms with Crippen LogP contribution in [0, 0.1) is 11.7 Å². The highest BCUT2D eigenvalue weighted by atomic mass is 79.9. The minimum atomic E-state index is -3.86. The van der Waals surface area contributed by atoms with Crippen molar-refractivity contribution in [3.63, 3.8) is 0 Å². The van der Waals surface area contributed by atoms with Crippen LogP contribution >= 0.6 is 27.7 Å². The number of hydrogen-bond acceptors (Lipinski definition) is 4. The maximum absolute atomic E-state index is 13.8. The topological polar surface area (TPSA) is 72.2 Å². The molecule has 0 radical (unpaired) electrons. The predicted octanol–water partition coefficient (Wildman–Crippen LogP) is 2.59. The molecule has 2 rings (SSSR count). The van der Waals surface area contributed by atoms with Crippen molar-refractivity contribution in [1.29, 1.82) is 0 Å². The zero-order chi connectivity index (χ0) is 14.8. The van der Waals surface area contributed by atoms with Crippen LogP contribution in [0.3, 0.4) is 0 Å². The van der Waals surface area contributed by atoms with E-state index in [1.54, 1.807) is 0 Å². The molecule has 1 saturated heterocycles. The van der Waals surface area contributed by atoms with Crippen molar-refractivity contribution in [3.05, 3.63) is 22.4 Å². The molecule has 1 aliphatic rings. The lowest BCUT2D eigenvalue weighted by molar-refractivity contribution is 0.475. The third-order valence-corrected chi connectivity index (χ3v) is 6.42. The van der Waals surface area contributed by atoms with Crippen molar-refractivity contribution in [3.8, 4) is 0 Å². The van der Waals surface area contributed by atoms with Crippen molar-refractivity contribution in [2.75, 3.05) is 23.8 Å². The third-order valence-electron chi connectivity index (χ3n) is 3.24. The number of anilines is 1. The average molecular weight is 383 g/mol. The molecule has 0 atom stereocenters. The quantitative estimate of drug-likeness (QED) is 0.784. The molecule has 0 unspecified atom stereocenters. The molecule has 1 aromatic carbocycles. The fourth-order valence-electron chi connectivity index (χ4n) is 2.01. The summed E-state index contributed by atoms with van der Waals surface area (Å²) >= 11 is 4.94. The van der Waals surface area contributed by atoms with E-state index in [9.17, 15) is 12.8 Å². The molecule has 3 N–H and O–H groups in total. The molecule has 1 aliphatic heterocycles. The number of nitrogens with two attached hydrogens (primary N) is 1. The van der Waals surface area contributed by atoms with Crippen LogP contribution in [-0.4, -0.2) is 26.5 Å². The third kappa shape index (κ3) is 3.87. The van der Waals surface area contributed by atoms with Gasteiger partial charge in [-0.3, -0.25) is 0 Å². The van der Waals surface area contributed by atoms with Crippen LogP contribution in [0.5, 0.6) is 0 Å². The van der Waals surface area contributed by atoms with E-state index in [0.717, 1.165) is 36.5 Å². The first-order valence-corrected chi connectivity index (χ1v) is 9.65. The fraction of sp³-hybridized carbons (Fsp3) is 0.500. The Morgan fingerprint density at radius 2 is 2.05 bits per heavy atom. The van der Waals surface area contributed by atoms with Crippen LogP contribution in [0.4, 0.5) is 10.1 Å². The van der Waals surface area contributed by atoms with E-state index in [1.807, 2.05) is 11.8 Å². The number of benzene rings is 1. The molecule has 0 saturated carbocycles. The van der Waals surface area contributed by atoms with Gasteiger partial charge in [0.05, 0.1) is 0 Å². The molecule has 0 bridgehead atoms. The average Bonchev–Trinajstić information content (AvgIpc) is 2.42. The van der Waals surface area contributed by atoms with Gasteiger partial charge in [-0.15, -0.1) is 0 Å². The predicted molar refractivity (Wildman–Crippen MR) is 83.7 cm³/mol. The van der Waals surface area contributed by atoms with Gasteiger partial charge < -0.3 is 5.73 Å². The standard InChI is InChI=1S/C12H16BrFN2O2S2/c13-9-5-10(14)12(6-11(9)15)20(17,18)16-7-8-1-3-19-4-2-8/h5-6,8,16H,1-4,7,15H2. The van der Waals surface area contributed by atoms with Crippen LogP contribution in [-0.2, 0) is 10.0 Å². The summed E-state index contributed by atoms with van der Waals surface area (Å²) in [5.74, 6) is 1.61. The molecular weight excluding hydrogens is 367 g/mol. The molecule has 112 valence electrons. The summed E-state index contributed by atoms with van der Waals surface area (Å²) in [5.41, 5.74) is 5.81. The van der Waals surface area contributed by atoms with E-state index in [1.165, 1.54) is 0 Å². The number of halogens is 2. The van der Waals surface area contributed by atoms with Crippen LogP contribution in [0.1, 0.15) is 12.8 Å². The number of hydrogen-bond donors (Lipinski definition) is 2. The summed E-state index contributed by atoms with van der Waals surface area (Å²) in [6.07, 6.45) is 1.97. The SMILES string of the molecule is Nc1cc(S(=O)(=O)NCC2CCSCC2)c(F)cc1Br. The molecular formula is C12H16BrFN2O2S2. The van der Waals surface area contributed by atoms with Crippen molar-refractivity contribution in [1.82, 2.24) is 4.72 Å². The van der Waals surface area contributed by atoms with Gasteiger partial charge in [-0.25, -0.2) is 17.5 Å². The first-order chi connectivity index (χ1) is 9.40. The Kier molecular flexibility index (Phi) is 5.33. The molecule has 1 heterocycles. The summed E-state index contributed by atoms with van der Waals surface area (Å²) in [4.78, 5) is -0.400. The van der Waals surface area contributed by atoms with Gasteiger partial charge in [0.15, 0.2) is 0 Å². The van der Waals surface area contributed by atoms with E-state index in [4.69, 9.17) is 5.73 Å². The lowest BCUT2D eigenvalue weighted by Crippen LogP contribution is -2.31. The van der Waals surface area contributed by atoms with Gasteiger partial charge in [0.1, 0.15) is 10.7 Å². The second-order valence-corrected chi connectivity index (χ2v) is 8.53. The summed E-state index contributed by atoms with van der Waals surface area (Å²) < 4.78 is 40.9. The fourth-order valence-corrected chi connectivity index (χ4v) is 4.73. The van der Waals surface area contributed by atoms with Gasteiger partial charge in [-0.05, 0) is 58.3 Å². The Morgan fingerprint density at radius 3 is 2.70 bits per heavy atom. The Balaban J connectivity index is 2.11. The Labute approximate surface area is 130 Å². The number of sulfonamides is 1. The lowest BCUT2D eigenvalue weighted by Gasteiger charge is -2.21.